The molecule has 0 bridgehead atoms. The molecule has 0 radical (unpaired) electrons. The average Bonchev–Trinajstić information content (AvgIpc) is 2.22. The second kappa shape index (κ2) is 3.99. The van der Waals surface area contributed by atoms with Crippen molar-refractivity contribution in [1.29, 1.82) is 0 Å². The third-order valence-electron chi connectivity index (χ3n) is 6.64. The first-order valence-corrected chi connectivity index (χ1v) is 12.1. The quantitative estimate of drug-likeness (QED) is 0.773. The Morgan fingerprint density at radius 2 is 0.842 bits per heavy atom. The SMILES string of the molecule is CC1(C)C(C)(C)C(C)(P(C)(C)=O)NC1(C)P(C)(C)=O. The molecule has 0 amide bonds. The summed E-state index contributed by atoms with van der Waals surface area (Å²) in [5, 5.41) is 2.55. The van der Waals surface area contributed by atoms with Crippen molar-refractivity contribution in [2.75, 3.05) is 26.7 Å². The van der Waals surface area contributed by atoms with Gasteiger partial charge >= 0.3 is 0 Å². The van der Waals surface area contributed by atoms with Crippen LogP contribution in [-0.2, 0) is 9.13 Å². The van der Waals surface area contributed by atoms with Gasteiger partial charge in [0.25, 0.3) is 0 Å². The molecule has 114 valence electrons. The minimum atomic E-state index is -2.41. The van der Waals surface area contributed by atoms with Crippen LogP contribution in [0.15, 0.2) is 0 Å². The molecule has 1 heterocycles. The van der Waals surface area contributed by atoms with Crippen LogP contribution in [0.4, 0.5) is 0 Å². The molecule has 2 atom stereocenters. The molecule has 1 aliphatic rings. The number of rotatable bonds is 2. The Bertz CT molecular complexity index is 442. The predicted octanol–water partition coefficient (Wildman–Crippen LogP) is 4.32. The first-order chi connectivity index (χ1) is 7.96. The van der Waals surface area contributed by atoms with Gasteiger partial charge in [0.05, 0.1) is 10.6 Å². The molecule has 0 aromatic heterocycles. The van der Waals surface area contributed by atoms with Gasteiger partial charge in [-0.3, -0.25) is 5.32 Å². The van der Waals surface area contributed by atoms with E-state index in [4.69, 9.17) is 0 Å². The van der Waals surface area contributed by atoms with Crippen molar-refractivity contribution in [1.82, 2.24) is 5.32 Å². The van der Waals surface area contributed by atoms with Crippen molar-refractivity contribution in [2.24, 2.45) is 10.8 Å². The molecule has 1 aliphatic heterocycles. The predicted molar refractivity (Wildman–Crippen MR) is 86.4 cm³/mol. The summed E-state index contributed by atoms with van der Waals surface area (Å²) >= 11 is 0. The second-order valence-electron chi connectivity index (χ2n) is 8.22. The van der Waals surface area contributed by atoms with E-state index in [1.54, 1.807) is 0 Å². The summed E-state index contributed by atoms with van der Waals surface area (Å²) in [6.45, 7) is 20.0. The lowest BCUT2D eigenvalue weighted by molar-refractivity contribution is 0.105. The highest BCUT2D eigenvalue weighted by molar-refractivity contribution is 7.65. The van der Waals surface area contributed by atoms with Crippen LogP contribution in [0.5, 0.6) is 0 Å². The van der Waals surface area contributed by atoms with Gasteiger partial charge in [-0.1, -0.05) is 27.7 Å². The highest BCUT2D eigenvalue weighted by Gasteiger charge is 2.72. The molecule has 0 aliphatic carbocycles. The number of hydrogen-bond donors (Lipinski definition) is 1. The smallest absolute Gasteiger partial charge is 0.101 e. The summed E-state index contributed by atoms with van der Waals surface area (Å²) in [6, 6.07) is 0. The zero-order valence-electron chi connectivity index (χ0n) is 14.2. The van der Waals surface area contributed by atoms with Crippen LogP contribution in [0.1, 0.15) is 41.5 Å². The van der Waals surface area contributed by atoms with Gasteiger partial charge in [-0.15, -0.1) is 0 Å². The number of nitrogens with one attached hydrogen (secondary N) is 1. The molecule has 2 unspecified atom stereocenters. The Hall–Kier alpha value is 0.420. The van der Waals surface area contributed by atoms with Crippen molar-refractivity contribution >= 4 is 14.3 Å². The second-order valence-corrected chi connectivity index (χ2v) is 15.4. The molecule has 1 rings (SSSR count). The molecular formula is C14H31NO2P2. The lowest BCUT2D eigenvalue weighted by Gasteiger charge is -2.49. The number of hydrogen-bond acceptors (Lipinski definition) is 3. The first kappa shape index (κ1) is 17.5. The average molecular weight is 307 g/mol. The van der Waals surface area contributed by atoms with E-state index in [2.05, 4.69) is 33.0 Å². The van der Waals surface area contributed by atoms with Gasteiger partial charge in [0.1, 0.15) is 14.3 Å². The van der Waals surface area contributed by atoms with E-state index < -0.39 is 24.8 Å². The summed E-state index contributed by atoms with van der Waals surface area (Å²) < 4.78 is 25.8. The molecule has 1 N–H and O–H groups in total. The summed E-state index contributed by atoms with van der Waals surface area (Å²) in [5.74, 6) is 0. The summed E-state index contributed by atoms with van der Waals surface area (Å²) in [6.07, 6.45) is 0. The van der Waals surface area contributed by atoms with Crippen LogP contribution in [0, 0.1) is 10.8 Å². The third-order valence-corrected chi connectivity index (χ3v) is 12.3. The molecule has 3 nitrogen and oxygen atoms in total. The van der Waals surface area contributed by atoms with E-state index in [0.717, 1.165) is 0 Å². The minimum Gasteiger partial charge on any atom is -0.322 e. The molecule has 19 heavy (non-hydrogen) atoms. The Kier molecular flexibility index (Phi) is 3.67. The van der Waals surface area contributed by atoms with Crippen molar-refractivity contribution in [2.45, 2.75) is 52.1 Å². The fraction of sp³-hybridized carbons (Fsp3) is 1.00. The van der Waals surface area contributed by atoms with Gasteiger partial charge in [-0.2, -0.15) is 0 Å². The van der Waals surface area contributed by atoms with Crippen molar-refractivity contribution < 1.29 is 9.13 Å². The molecule has 0 saturated carbocycles. The van der Waals surface area contributed by atoms with E-state index in [0.29, 0.717) is 0 Å². The van der Waals surface area contributed by atoms with Crippen LogP contribution in [0.2, 0.25) is 0 Å². The Balaban J connectivity index is 3.67. The maximum absolute atomic E-state index is 12.9. The van der Waals surface area contributed by atoms with Gasteiger partial charge in [0.2, 0.25) is 0 Å². The van der Waals surface area contributed by atoms with Crippen LogP contribution in [0.25, 0.3) is 0 Å². The fourth-order valence-electron chi connectivity index (χ4n) is 3.62. The van der Waals surface area contributed by atoms with E-state index in [1.807, 2.05) is 40.5 Å². The van der Waals surface area contributed by atoms with Gasteiger partial charge in [0.15, 0.2) is 0 Å². The monoisotopic (exact) mass is 307 g/mol. The normalized spacial score (nSPS) is 38.4. The Morgan fingerprint density at radius 3 is 0.947 bits per heavy atom. The summed E-state index contributed by atoms with van der Waals surface area (Å²) in [5.41, 5.74) is -0.453. The first-order valence-electron chi connectivity index (χ1n) is 6.85. The topological polar surface area (TPSA) is 46.2 Å². The van der Waals surface area contributed by atoms with Crippen LogP contribution in [0.3, 0.4) is 0 Å². The van der Waals surface area contributed by atoms with Gasteiger partial charge < -0.3 is 9.13 Å². The minimum absolute atomic E-state index is 0.227. The zero-order chi connectivity index (χ0) is 15.7. The molecule has 1 fully saturated rings. The van der Waals surface area contributed by atoms with E-state index in [9.17, 15) is 9.13 Å². The standard InChI is InChI=1S/C14H31NO2P2/c1-11(2)12(3,4)14(6,19(9,10)17)15-13(11,5)18(7,8)16/h15H,1-10H3. The third kappa shape index (κ3) is 1.88. The zero-order valence-corrected chi connectivity index (χ0v) is 16.0. The van der Waals surface area contributed by atoms with Crippen LogP contribution in [-0.4, -0.2) is 37.2 Å². The van der Waals surface area contributed by atoms with Gasteiger partial charge in [0, 0.05) is 0 Å². The van der Waals surface area contributed by atoms with Gasteiger partial charge in [-0.25, -0.2) is 0 Å². The summed E-state index contributed by atoms with van der Waals surface area (Å²) in [7, 11) is -4.82. The Labute approximate surface area is 119 Å². The molecule has 5 heteroatoms. The lowest BCUT2D eigenvalue weighted by atomic mass is 9.64. The summed E-state index contributed by atoms with van der Waals surface area (Å²) in [4.78, 5) is 0. The lowest BCUT2D eigenvalue weighted by Crippen LogP contribution is -2.50. The largest absolute Gasteiger partial charge is 0.322 e. The highest BCUT2D eigenvalue weighted by Crippen LogP contribution is 2.76. The van der Waals surface area contributed by atoms with Crippen molar-refractivity contribution in [3.63, 3.8) is 0 Å². The van der Waals surface area contributed by atoms with Crippen molar-refractivity contribution in [3.8, 4) is 0 Å². The fourth-order valence-corrected chi connectivity index (χ4v) is 7.94. The molecule has 0 aromatic carbocycles. The molecule has 1 saturated heterocycles. The van der Waals surface area contributed by atoms with Crippen LogP contribution < -0.4 is 5.32 Å². The van der Waals surface area contributed by atoms with Gasteiger partial charge in [-0.05, 0) is 51.3 Å². The highest BCUT2D eigenvalue weighted by atomic mass is 31.2. The molecule has 0 aromatic rings. The molecular weight excluding hydrogens is 276 g/mol. The maximum atomic E-state index is 12.9. The van der Waals surface area contributed by atoms with E-state index >= 15 is 0 Å². The Morgan fingerprint density at radius 1 is 0.632 bits per heavy atom. The van der Waals surface area contributed by atoms with Crippen LogP contribution >= 0.6 is 14.3 Å². The molecule has 0 spiro atoms. The maximum Gasteiger partial charge on any atom is 0.101 e. The van der Waals surface area contributed by atoms with E-state index in [1.165, 1.54) is 0 Å². The van der Waals surface area contributed by atoms with E-state index in [-0.39, 0.29) is 10.8 Å². The van der Waals surface area contributed by atoms with Crippen molar-refractivity contribution in [3.05, 3.63) is 0 Å².